The maximum Gasteiger partial charge on any atom is 0.222 e. The van der Waals surface area contributed by atoms with E-state index < -0.39 is 0 Å². The lowest BCUT2D eigenvalue weighted by atomic mass is 10.2. The molecule has 2 N–H and O–H groups in total. The first kappa shape index (κ1) is 7.79. The predicted molar refractivity (Wildman–Crippen MR) is 46.9 cm³/mol. The van der Waals surface area contributed by atoms with Crippen LogP contribution < -0.4 is 5.73 Å². The fourth-order valence-corrected chi connectivity index (χ4v) is 1.23. The third-order valence-electron chi connectivity index (χ3n) is 1.77. The summed E-state index contributed by atoms with van der Waals surface area (Å²) in [5, 5.41) is 0. The quantitative estimate of drug-likeness (QED) is 0.737. The number of aromatic nitrogens is 1. The molecule has 13 heavy (non-hydrogen) atoms. The van der Waals surface area contributed by atoms with Gasteiger partial charge in [-0.3, -0.25) is 9.78 Å². The first-order valence-electron chi connectivity index (χ1n) is 3.87. The smallest absolute Gasteiger partial charge is 0.222 e. The lowest BCUT2D eigenvalue weighted by molar-refractivity contribution is -0.117. The van der Waals surface area contributed by atoms with Gasteiger partial charge < -0.3 is 10.2 Å². The number of furan rings is 1. The maximum atomic E-state index is 10.7. The van der Waals surface area contributed by atoms with Crippen molar-refractivity contribution in [1.29, 1.82) is 0 Å². The molecule has 0 aromatic carbocycles. The van der Waals surface area contributed by atoms with Crippen LogP contribution in [0.1, 0.15) is 5.56 Å². The zero-order valence-corrected chi connectivity index (χ0v) is 6.86. The molecule has 2 heterocycles. The van der Waals surface area contributed by atoms with E-state index in [1.165, 1.54) is 6.26 Å². The van der Waals surface area contributed by atoms with E-state index in [1.54, 1.807) is 18.3 Å². The molecule has 2 rings (SSSR count). The van der Waals surface area contributed by atoms with Crippen LogP contribution in [-0.2, 0) is 11.2 Å². The zero-order valence-electron chi connectivity index (χ0n) is 6.86. The Morgan fingerprint density at radius 1 is 1.62 bits per heavy atom. The molecule has 0 aliphatic heterocycles. The van der Waals surface area contributed by atoms with Crippen LogP contribution in [0.15, 0.2) is 29.0 Å². The van der Waals surface area contributed by atoms with Gasteiger partial charge in [0.1, 0.15) is 5.52 Å². The van der Waals surface area contributed by atoms with E-state index >= 15 is 0 Å². The third kappa shape index (κ3) is 1.38. The summed E-state index contributed by atoms with van der Waals surface area (Å²) in [6.45, 7) is 0. The Morgan fingerprint density at radius 2 is 2.46 bits per heavy atom. The van der Waals surface area contributed by atoms with E-state index in [0.717, 1.165) is 5.56 Å². The molecule has 4 heteroatoms. The Hall–Kier alpha value is -1.84. The summed E-state index contributed by atoms with van der Waals surface area (Å²) in [5.41, 5.74) is 7.19. The molecule has 66 valence electrons. The second-order valence-corrected chi connectivity index (χ2v) is 2.75. The third-order valence-corrected chi connectivity index (χ3v) is 1.77. The van der Waals surface area contributed by atoms with Crippen molar-refractivity contribution in [3.63, 3.8) is 0 Å². The minimum absolute atomic E-state index is 0.171. The maximum absolute atomic E-state index is 10.7. The van der Waals surface area contributed by atoms with E-state index in [-0.39, 0.29) is 12.3 Å². The molecule has 0 unspecified atom stereocenters. The number of carbonyl (C=O) groups is 1. The summed E-state index contributed by atoms with van der Waals surface area (Å²) in [7, 11) is 0. The number of nitrogens with two attached hydrogens (primary N) is 1. The summed E-state index contributed by atoms with van der Waals surface area (Å²) in [4.78, 5) is 14.8. The lowest BCUT2D eigenvalue weighted by Crippen LogP contribution is -2.13. The normalized spacial score (nSPS) is 10.5. The Labute approximate surface area is 74.4 Å². The summed E-state index contributed by atoms with van der Waals surface area (Å²) < 4.78 is 5.18. The standard InChI is InChI=1S/C9H8N2O2/c10-8(12)4-6-5-13-7-2-1-3-11-9(6)7/h1-3,5H,4H2,(H2,10,12). The van der Waals surface area contributed by atoms with Crippen molar-refractivity contribution in [2.45, 2.75) is 6.42 Å². The molecule has 2 aromatic rings. The molecule has 0 atom stereocenters. The number of hydrogen-bond acceptors (Lipinski definition) is 3. The molecule has 0 saturated heterocycles. The number of carbonyl (C=O) groups excluding carboxylic acids is 1. The first-order chi connectivity index (χ1) is 6.27. The molecular formula is C9H8N2O2. The average Bonchev–Trinajstić information content (AvgIpc) is 2.48. The van der Waals surface area contributed by atoms with Crippen LogP contribution in [-0.4, -0.2) is 10.9 Å². The second kappa shape index (κ2) is 2.90. The van der Waals surface area contributed by atoms with E-state index in [1.807, 2.05) is 0 Å². The van der Waals surface area contributed by atoms with Crippen molar-refractivity contribution in [2.75, 3.05) is 0 Å². The molecule has 0 aliphatic rings. The highest BCUT2D eigenvalue weighted by Gasteiger charge is 2.08. The highest BCUT2D eigenvalue weighted by molar-refractivity contribution is 5.84. The van der Waals surface area contributed by atoms with E-state index in [4.69, 9.17) is 10.2 Å². The van der Waals surface area contributed by atoms with Crippen molar-refractivity contribution in [1.82, 2.24) is 4.98 Å². The predicted octanol–water partition coefficient (Wildman–Crippen LogP) is 0.856. The number of pyridine rings is 1. The molecule has 0 aliphatic carbocycles. The van der Waals surface area contributed by atoms with Gasteiger partial charge in [-0.25, -0.2) is 0 Å². The molecule has 0 fully saturated rings. The lowest BCUT2D eigenvalue weighted by Gasteiger charge is -1.90. The van der Waals surface area contributed by atoms with Crippen molar-refractivity contribution in [3.05, 3.63) is 30.2 Å². The van der Waals surface area contributed by atoms with Crippen LogP contribution in [0.3, 0.4) is 0 Å². The van der Waals surface area contributed by atoms with Crippen molar-refractivity contribution in [3.8, 4) is 0 Å². The molecule has 0 saturated carbocycles. The Morgan fingerprint density at radius 3 is 3.23 bits per heavy atom. The summed E-state index contributed by atoms with van der Waals surface area (Å²) in [6.07, 6.45) is 3.34. The Kier molecular flexibility index (Phi) is 1.73. The minimum Gasteiger partial charge on any atom is -0.462 e. The monoisotopic (exact) mass is 176 g/mol. The van der Waals surface area contributed by atoms with Crippen LogP contribution in [0.2, 0.25) is 0 Å². The molecule has 0 spiro atoms. The Balaban J connectivity index is 2.51. The van der Waals surface area contributed by atoms with E-state index in [9.17, 15) is 4.79 Å². The number of hydrogen-bond donors (Lipinski definition) is 1. The number of amides is 1. The largest absolute Gasteiger partial charge is 0.462 e. The van der Waals surface area contributed by atoms with Gasteiger partial charge in [0.2, 0.25) is 5.91 Å². The molecule has 0 radical (unpaired) electrons. The van der Waals surface area contributed by atoms with E-state index in [2.05, 4.69) is 4.98 Å². The topological polar surface area (TPSA) is 69.1 Å². The summed E-state index contributed by atoms with van der Waals surface area (Å²) in [5.74, 6) is -0.381. The van der Waals surface area contributed by atoms with Gasteiger partial charge in [0.15, 0.2) is 5.58 Å². The number of primary amides is 1. The average molecular weight is 176 g/mol. The van der Waals surface area contributed by atoms with E-state index in [0.29, 0.717) is 11.1 Å². The minimum atomic E-state index is -0.381. The number of rotatable bonds is 2. The molecule has 0 bridgehead atoms. The number of fused-ring (bicyclic) bond motifs is 1. The molecule has 1 amide bonds. The van der Waals surface area contributed by atoms with Gasteiger partial charge in [-0.15, -0.1) is 0 Å². The molecule has 2 aromatic heterocycles. The summed E-state index contributed by atoms with van der Waals surface area (Å²) in [6, 6.07) is 3.58. The second-order valence-electron chi connectivity index (χ2n) is 2.75. The van der Waals surface area contributed by atoms with Crippen LogP contribution in [0, 0.1) is 0 Å². The van der Waals surface area contributed by atoms with Gasteiger partial charge in [0, 0.05) is 11.8 Å². The molecular weight excluding hydrogens is 168 g/mol. The van der Waals surface area contributed by atoms with Crippen molar-refractivity contribution >= 4 is 17.0 Å². The number of nitrogens with zero attached hydrogens (tertiary/aromatic N) is 1. The fourth-order valence-electron chi connectivity index (χ4n) is 1.23. The van der Waals surface area contributed by atoms with Gasteiger partial charge >= 0.3 is 0 Å². The van der Waals surface area contributed by atoms with Gasteiger partial charge in [-0.1, -0.05) is 0 Å². The first-order valence-corrected chi connectivity index (χ1v) is 3.87. The summed E-state index contributed by atoms with van der Waals surface area (Å²) >= 11 is 0. The molecule has 4 nitrogen and oxygen atoms in total. The van der Waals surface area contributed by atoms with Crippen molar-refractivity contribution in [2.24, 2.45) is 5.73 Å². The fraction of sp³-hybridized carbons (Fsp3) is 0.111. The SMILES string of the molecule is NC(=O)Cc1coc2cccnc12. The van der Waals surface area contributed by atoms with Gasteiger partial charge in [-0.05, 0) is 12.1 Å². The highest BCUT2D eigenvalue weighted by Crippen LogP contribution is 2.18. The van der Waals surface area contributed by atoms with Gasteiger partial charge in [0.05, 0.1) is 12.7 Å². The zero-order chi connectivity index (χ0) is 9.26. The van der Waals surface area contributed by atoms with Crippen LogP contribution in [0.25, 0.3) is 11.1 Å². The van der Waals surface area contributed by atoms with Crippen LogP contribution >= 0.6 is 0 Å². The van der Waals surface area contributed by atoms with Gasteiger partial charge in [-0.2, -0.15) is 0 Å². The Bertz CT molecular complexity index is 448. The van der Waals surface area contributed by atoms with Crippen molar-refractivity contribution < 1.29 is 9.21 Å². The van der Waals surface area contributed by atoms with Gasteiger partial charge in [0.25, 0.3) is 0 Å². The van der Waals surface area contributed by atoms with Crippen LogP contribution in [0.5, 0.6) is 0 Å². The van der Waals surface area contributed by atoms with Crippen LogP contribution in [0.4, 0.5) is 0 Å². The highest BCUT2D eigenvalue weighted by atomic mass is 16.3.